The Kier molecular flexibility index (Phi) is 5.88. The molecule has 9 heteroatoms. The van der Waals surface area contributed by atoms with E-state index in [0.29, 0.717) is 28.2 Å². The van der Waals surface area contributed by atoms with Crippen molar-refractivity contribution < 1.29 is 9.36 Å². The molecule has 4 heterocycles. The Hall–Kier alpha value is -4.30. The maximum atomic E-state index is 13.5. The molecule has 0 fully saturated rings. The normalized spacial score (nSPS) is 11.1. The van der Waals surface area contributed by atoms with Gasteiger partial charge in [0, 0.05) is 35.7 Å². The summed E-state index contributed by atoms with van der Waals surface area (Å²) in [6.07, 6.45) is 5.02. The lowest BCUT2D eigenvalue weighted by Crippen LogP contribution is -2.43. The maximum absolute atomic E-state index is 13.5. The van der Waals surface area contributed by atoms with Gasteiger partial charge in [-0.1, -0.05) is 40.9 Å². The van der Waals surface area contributed by atoms with Crippen LogP contribution in [0.5, 0.6) is 0 Å². The van der Waals surface area contributed by atoms with E-state index in [1.165, 1.54) is 10.5 Å². The SMILES string of the molecule is Cc1cccn2c(=O)c3cc(C(=O)NCc4ccccc4Cl)c(N)[n+](Cc4ccncc4)c3nc12. The zero-order valence-electron chi connectivity index (χ0n) is 18.9. The molecule has 5 rings (SSSR count). The Balaban J connectivity index is 1.68. The van der Waals surface area contributed by atoms with Crippen LogP contribution in [0.4, 0.5) is 5.82 Å². The number of pyridine rings is 3. The molecule has 0 unspecified atom stereocenters. The molecule has 0 aliphatic rings. The van der Waals surface area contributed by atoms with Crippen molar-refractivity contribution >= 4 is 40.0 Å². The van der Waals surface area contributed by atoms with E-state index in [2.05, 4.69) is 10.3 Å². The molecule has 1 amide bonds. The van der Waals surface area contributed by atoms with E-state index in [9.17, 15) is 9.59 Å². The lowest BCUT2D eigenvalue weighted by Gasteiger charge is -2.13. The van der Waals surface area contributed by atoms with Crippen molar-refractivity contribution in [2.75, 3.05) is 5.73 Å². The number of fused-ring (bicyclic) bond motifs is 2. The Bertz CT molecular complexity index is 1650. The van der Waals surface area contributed by atoms with Gasteiger partial charge in [-0.3, -0.25) is 19.0 Å². The second kappa shape index (κ2) is 9.15. The number of carbonyl (C=O) groups is 1. The molecule has 0 saturated carbocycles. The number of anilines is 1. The molecule has 0 radical (unpaired) electrons. The van der Waals surface area contributed by atoms with Crippen LogP contribution >= 0.6 is 11.6 Å². The van der Waals surface area contributed by atoms with Gasteiger partial charge in [0.2, 0.25) is 11.5 Å². The number of aryl methyl sites for hydroxylation is 1. The average molecular weight is 486 g/mol. The predicted octanol–water partition coefficient (Wildman–Crippen LogP) is 3.05. The van der Waals surface area contributed by atoms with E-state index in [0.717, 1.165) is 16.7 Å². The fourth-order valence-electron chi connectivity index (χ4n) is 4.04. The predicted molar refractivity (Wildman–Crippen MR) is 134 cm³/mol. The number of nitrogen functional groups attached to an aromatic ring is 1. The number of carbonyl (C=O) groups excluding carboxylic acids is 1. The lowest BCUT2D eigenvalue weighted by molar-refractivity contribution is -0.649. The minimum atomic E-state index is -0.415. The largest absolute Gasteiger partial charge is 0.348 e. The summed E-state index contributed by atoms with van der Waals surface area (Å²) in [5, 5.41) is 3.71. The summed E-state index contributed by atoms with van der Waals surface area (Å²) in [5.74, 6) is -0.211. The molecular weight excluding hydrogens is 464 g/mol. The minimum Gasteiger partial charge on any atom is -0.348 e. The number of halogens is 1. The molecule has 0 saturated heterocycles. The standard InChI is InChI=1S/C26H21ClN6O2/c1-16-5-4-12-32-23(16)31-24-20(26(32)35)13-19(22(28)33(24)15-17-8-10-29-11-9-17)25(34)30-14-18-6-2-3-7-21(18)27/h2-13,28H,14-15H2,1H3,(H,30,34)/p+1. The zero-order chi connectivity index (χ0) is 24.5. The van der Waals surface area contributed by atoms with Crippen LogP contribution in [0.2, 0.25) is 5.02 Å². The summed E-state index contributed by atoms with van der Waals surface area (Å²) < 4.78 is 3.18. The van der Waals surface area contributed by atoms with E-state index in [1.54, 1.807) is 35.3 Å². The van der Waals surface area contributed by atoms with Crippen LogP contribution in [0.1, 0.15) is 27.0 Å². The van der Waals surface area contributed by atoms with E-state index in [4.69, 9.17) is 22.3 Å². The Labute approximate surface area is 205 Å². The number of amides is 1. The summed E-state index contributed by atoms with van der Waals surface area (Å²) in [6, 6.07) is 16.2. The van der Waals surface area contributed by atoms with E-state index in [1.807, 2.05) is 43.3 Å². The second-order valence-electron chi connectivity index (χ2n) is 8.20. The molecule has 4 aromatic heterocycles. The average Bonchev–Trinajstić information content (AvgIpc) is 2.86. The van der Waals surface area contributed by atoms with Gasteiger partial charge in [0.1, 0.15) is 10.9 Å². The van der Waals surface area contributed by atoms with Crippen molar-refractivity contribution in [1.29, 1.82) is 0 Å². The molecule has 0 bridgehead atoms. The summed E-state index contributed by atoms with van der Waals surface area (Å²) >= 11 is 6.23. The number of hydrogen-bond acceptors (Lipinski definition) is 5. The first-order chi connectivity index (χ1) is 16.9. The van der Waals surface area contributed by atoms with Gasteiger partial charge >= 0.3 is 0 Å². The molecule has 0 atom stereocenters. The fourth-order valence-corrected chi connectivity index (χ4v) is 4.24. The smallest absolute Gasteiger partial charge is 0.278 e. The molecular formula is C26H22ClN6O2+. The zero-order valence-corrected chi connectivity index (χ0v) is 19.7. The highest BCUT2D eigenvalue weighted by Crippen LogP contribution is 2.18. The van der Waals surface area contributed by atoms with Gasteiger partial charge in [-0.05, 0) is 48.4 Å². The van der Waals surface area contributed by atoms with Crippen molar-refractivity contribution in [2.45, 2.75) is 20.0 Å². The molecule has 5 aromatic rings. The number of benzene rings is 1. The van der Waals surface area contributed by atoms with Crippen LogP contribution in [-0.2, 0) is 13.1 Å². The van der Waals surface area contributed by atoms with Crippen LogP contribution in [0.25, 0.3) is 16.7 Å². The van der Waals surface area contributed by atoms with Gasteiger partial charge in [-0.25, -0.2) is 4.57 Å². The molecule has 35 heavy (non-hydrogen) atoms. The van der Waals surface area contributed by atoms with Crippen LogP contribution in [0.15, 0.2) is 78.0 Å². The number of hydrogen-bond donors (Lipinski definition) is 2. The van der Waals surface area contributed by atoms with Crippen LogP contribution < -0.4 is 21.2 Å². The molecule has 1 aromatic carbocycles. The monoisotopic (exact) mass is 485 g/mol. The van der Waals surface area contributed by atoms with Gasteiger partial charge in [-0.2, -0.15) is 0 Å². The molecule has 0 aliphatic heterocycles. The molecule has 0 spiro atoms. The highest BCUT2D eigenvalue weighted by Gasteiger charge is 2.25. The van der Waals surface area contributed by atoms with Crippen molar-refractivity contribution in [3.63, 3.8) is 0 Å². The first-order valence-electron chi connectivity index (χ1n) is 11.0. The van der Waals surface area contributed by atoms with Crippen LogP contribution in [0.3, 0.4) is 0 Å². The second-order valence-corrected chi connectivity index (χ2v) is 8.61. The first-order valence-corrected chi connectivity index (χ1v) is 11.4. The van der Waals surface area contributed by atoms with Crippen molar-refractivity contribution in [2.24, 2.45) is 0 Å². The summed E-state index contributed by atoms with van der Waals surface area (Å²) in [5.41, 5.74) is 9.90. The van der Waals surface area contributed by atoms with Gasteiger partial charge in [0.05, 0.1) is 6.54 Å². The van der Waals surface area contributed by atoms with Crippen LogP contribution in [-0.4, -0.2) is 20.3 Å². The number of nitrogens with zero attached hydrogens (tertiary/aromatic N) is 4. The van der Waals surface area contributed by atoms with E-state index >= 15 is 0 Å². The minimum absolute atomic E-state index is 0.185. The van der Waals surface area contributed by atoms with Gasteiger partial charge in [-0.15, -0.1) is 0 Å². The number of nitrogens with two attached hydrogens (primary N) is 1. The van der Waals surface area contributed by atoms with Gasteiger partial charge < -0.3 is 11.1 Å². The Morgan fingerprint density at radius 3 is 2.69 bits per heavy atom. The highest BCUT2D eigenvalue weighted by molar-refractivity contribution is 6.31. The molecule has 0 aliphatic carbocycles. The third-order valence-corrected chi connectivity index (χ3v) is 6.28. The fraction of sp³-hybridized carbons (Fsp3) is 0.115. The molecule has 3 N–H and O–H groups in total. The summed E-state index contributed by atoms with van der Waals surface area (Å²) in [4.78, 5) is 35.5. The Morgan fingerprint density at radius 1 is 1.14 bits per heavy atom. The third kappa shape index (κ3) is 4.20. The van der Waals surface area contributed by atoms with E-state index in [-0.39, 0.29) is 23.5 Å². The summed E-state index contributed by atoms with van der Waals surface area (Å²) in [7, 11) is 0. The Morgan fingerprint density at radius 2 is 1.91 bits per heavy atom. The third-order valence-electron chi connectivity index (χ3n) is 5.91. The quantitative estimate of drug-likeness (QED) is 0.294. The van der Waals surface area contributed by atoms with Crippen LogP contribution in [0, 0.1) is 6.92 Å². The summed E-state index contributed by atoms with van der Waals surface area (Å²) in [6.45, 7) is 2.42. The number of nitrogens with one attached hydrogen (secondary N) is 1. The molecule has 174 valence electrons. The first kappa shape index (κ1) is 22.5. The topological polar surface area (TPSA) is 106 Å². The van der Waals surface area contributed by atoms with Crippen molar-refractivity contribution in [3.8, 4) is 0 Å². The number of aromatic nitrogens is 4. The number of rotatable bonds is 5. The van der Waals surface area contributed by atoms with Crippen molar-refractivity contribution in [3.05, 3.63) is 111 Å². The molecule has 8 nitrogen and oxygen atoms in total. The highest BCUT2D eigenvalue weighted by atomic mass is 35.5. The lowest BCUT2D eigenvalue weighted by atomic mass is 10.1. The van der Waals surface area contributed by atoms with Gasteiger partial charge in [0.15, 0.2) is 0 Å². The maximum Gasteiger partial charge on any atom is 0.278 e. The van der Waals surface area contributed by atoms with E-state index < -0.39 is 5.91 Å². The van der Waals surface area contributed by atoms with Crippen molar-refractivity contribution in [1.82, 2.24) is 19.7 Å². The van der Waals surface area contributed by atoms with Gasteiger partial charge in [0.25, 0.3) is 17.1 Å².